The molecule has 1 aliphatic rings. The fourth-order valence-corrected chi connectivity index (χ4v) is 3.63. The van der Waals surface area contributed by atoms with Crippen LogP contribution in [0.1, 0.15) is 51.3 Å². The van der Waals surface area contributed by atoms with Crippen molar-refractivity contribution in [2.24, 2.45) is 0 Å². The van der Waals surface area contributed by atoms with Gasteiger partial charge in [0.15, 0.2) is 0 Å². The highest BCUT2D eigenvalue weighted by molar-refractivity contribution is 7.99. The van der Waals surface area contributed by atoms with Crippen molar-refractivity contribution in [2.45, 2.75) is 63.4 Å². The Bertz CT molecular complexity index is 460. The molecule has 1 fully saturated rings. The van der Waals surface area contributed by atoms with E-state index in [0.717, 1.165) is 12.1 Å². The quantitative estimate of drug-likeness (QED) is 0.879. The fourth-order valence-electron chi connectivity index (χ4n) is 2.69. The van der Waals surface area contributed by atoms with Crippen molar-refractivity contribution in [3.8, 4) is 0 Å². The molecule has 0 saturated heterocycles. The Morgan fingerprint density at radius 2 is 2.24 bits per heavy atom. The molecule has 2 atom stereocenters. The number of aromatic nitrogens is 2. The second kappa shape index (κ2) is 7.73. The van der Waals surface area contributed by atoms with Gasteiger partial charge in [0, 0.05) is 23.5 Å². The second-order valence-electron chi connectivity index (χ2n) is 5.87. The molecule has 6 heteroatoms. The highest BCUT2D eigenvalue weighted by Gasteiger charge is 2.25. The summed E-state index contributed by atoms with van der Waals surface area (Å²) in [6.45, 7) is 4.65. The largest absolute Gasteiger partial charge is 0.334 e. The SMILES string of the molecule is CS[C@@H]1CCCC[C@H]1NC(=O)NCc1ccn(C(C)C)n1. The second-order valence-corrected chi connectivity index (χ2v) is 6.95. The van der Waals surface area contributed by atoms with Gasteiger partial charge in [0.25, 0.3) is 0 Å². The van der Waals surface area contributed by atoms with Crippen molar-refractivity contribution in [3.63, 3.8) is 0 Å². The summed E-state index contributed by atoms with van der Waals surface area (Å²) in [5.41, 5.74) is 0.893. The van der Waals surface area contributed by atoms with Gasteiger partial charge in [0.1, 0.15) is 0 Å². The monoisotopic (exact) mass is 310 g/mol. The van der Waals surface area contributed by atoms with Crippen LogP contribution >= 0.6 is 11.8 Å². The van der Waals surface area contributed by atoms with E-state index < -0.39 is 0 Å². The van der Waals surface area contributed by atoms with E-state index in [-0.39, 0.29) is 6.03 Å². The molecule has 2 rings (SSSR count). The van der Waals surface area contributed by atoms with Gasteiger partial charge in [-0.15, -0.1) is 0 Å². The minimum Gasteiger partial charge on any atom is -0.334 e. The van der Waals surface area contributed by atoms with Gasteiger partial charge in [-0.3, -0.25) is 4.68 Å². The number of hydrogen-bond acceptors (Lipinski definition) is 3. The Labute approximate surface area is 131 Å². The molecule has 2 amide bonds. The maximum absolute atomic E-state index is 12.0. The van der Waals surface area contributed by atoms with E-state index >= 15 is 0 Å². The lowest BCUT2D eigenvalue weighted by Crippen LogP contribution is -2.47. The molecule has 1 aromatic heterocycles. The molecule has 118 valence electrons. The van der Waals surface area contributed by atoms with Gasteiger partial charge in [0.2, 0.25) is 0 Å². The molecule has 0 bridgehead atoms. The molecular weight excluding hydrogens is 284 g/mol. The van der Waals surface area contributed by atoms with Gasteiger partial charge in [-0.2, -0.15) is 16.9 Å². The predicted molar refractivity (Wildman–Crippen MR) is 87.5 cm³/mol. The van der Waals surface area contributed by atoms with Crippen molar-refractivity contribution in [2.75, 3.05) is 6.26 Å². The zero-order valence-corrected chi connectivity index (χ0v) is 13.9. The summed E-state index contributed by atoms with van der Waals surface area (Å²) in [4.78, 5) is 12.0. The van der Waals surface area contributed by atoms with Crippen LogP contribution in [0.3, 0.4) is 0 Å². The fraction of sp³-hybridized carbons (Fsp3) is 0.733. The summed E-state index contributed by atoms with van der Waals surface area (Å²) in [6, 6.07) is 2.50. The number of thioether (sulfide) groups is 1. The third-order valence-electron chi connectivity index (χ3n) is 3.94. The molecule has 0 aliphatic heterocycles. The lowest BCUT2D eigenvalue weighted by molar-refractivity contribution is 0.233. The predicted octanol–water partition coefficient (Wildman–Crippen LogP) is 2.94. The maximum atomic E-state index is 12.0. The minimum atomic E-state index is -0.0833. The van der Waals surface area contributed by atoms with Crippen molar-refractivity contribution in [1.29, 1.82) is 0 Å². The molecule has 1 saturated carbocycles. The number of amides is 2. The summed E-state index contributed by atoms with van der Waals surface area (Å²) < 4.78 is 1.90. The molecule has 0 aromatic carbocycles. The van der Waals surface area contributed by atoms with Crippen LogP contribution in [0.2, 0.25) is 0 Å². The third kappa shape index (κ3) is 4.66. The first-order chi connectivity index (χ1) is 10.1. The highest BCUT2D eigenvalue weighted by atomic mass is 32.2. The number of nitrogens with one attached hydrogen (secondary N) is 2. The first-order valence-electron chi connectivity index (χ1n) is 7.71. The lowest BCUT2D eigenvalue weighted by atomic mass is 9.95. The molecule has 0 spiro atoms. The van der Waals surface area contributed by atoms with Gasteiger partial charge < -0.3 is 10.6 Å². The molecule has 0 radical (unpaired) electrons. The van der Waals surface area contributed by atoms with Gasteiger partial charge in [-0.05, 0) is 39.0 Å². The summed E-state index contributed by atoms with van der Waals surface area (Å²) in [6.07, 6.45) is 8.84. The molecule has 0 unspecified atom stereocenters. The number of urea groups is 1. The molecule has 5 nitrogen and oxygen atoms in total. The number of carbonyl (C=O) groups excluding carboxylic acids is 1. The lowest BCUT2D eigenvalue weighted by Gasteiger charge is -2.30. The van der Waals surface area contributed by atoms with E-state index in [9.17, 15) is 4.79 Å². The van der Waals surface area contributed by atoms with Crippen LogP contribution in [-0.4, -0.2) is 33.4 Å². The Kier molecular flexibility index (Phi) is 5.96. The number of rotatable bonds is 5. The van der Waals surface area contributed by atoms with E-state index in [1.807, 2.05) is 28.7 Å². The van der Waals surface area contributed by atoms with E-state index in [4.69, 9.17) is 0 Å². The maximum Gasteiger partial charge on any atom is 0.315 e. The normalized spacial score (nSPS) is 22.3. The molecule has 1 aliphatic carbocycles. The Morgan fingerprint density at radius 1 is 1.48 bits per heavy atom. The van der Waals surface area contributed by atoms with Gasteiger partial charge in [-0.1, -0.05) is 12.8 Å². The van der Waals surface area contributed by atoms with E-state index in [2.05, 4.69) is 35.8 Å². The van der Waals surface area contributed by atoms with Gasteiger partial charge >= 0.3 is 6.03 Å². The van der Waals surface area contributed by atoms with E-state index in [1.165, 1.54) is 19.3 Å². The van der Waals surface area contributed by atoms with Crippen LogP contribution in [-0.2, 0) is 6.54 Å². The van der Waals surface area contributed by atoms with Crippen molar-refractivity contribution in [3.05, 3.63) is 18.0 Å². The van der Waals surface area contributed by atoms with Crippen LogP contribution in [0, 0.1) is 0 Å². The summed E-state index contributed by atoms with van der Waals surface area (Å²) in [5.74, 6) is 0. The molecule has 1 aromatic rings. The average Bonchev–Trinajstić information content (AvgIpc) is 2.95. The Hall–Kier alpha value is -1.17. The van der Waals surface area contributed by atoms with E-state index in [0.29, 0.717) is 23.9 Å². The van der Waals surface area contributed by atoms with Crippen molar-refractivity contribution < 1.29 is 4.79 Å². The van der Waals surface area contributed by atoms with Gasteiger partial charge in [0.05, 0.1) is 12.2 Å². The summed E-state index contributed by atoms with van der Waals surface area (Å²) in [7, 11) is 0. The van der Waals surface area contributed by atoms with Crippen LogP contribution < -0.4 is 10.6 Å². The highest BCUT2D eigenvalue weighted by Crippen LogP contribution is 2.26. The Morgan fingerprint density at radius 3 is 2.90 bits per heavy atom. The van der Waals surface area contributed by atoms with Crippen LogP contribution in [0.15, 0.2) is 12.3 Å². The molecule has 1 heterocycles. The van der Waals surface area contributed by atoms with Crippen LogP contribution in [0.25, 0.3) is 0 Å². The summed E-state index contributed by atoms with van der Waals surface area (Å²) in [5, 5.41) is 11.0. The zero-order valence-electron chi connectivity index (χ0n) is 13.1. The number of hydrogen-bond donors (Lipinski definition) is 2. The molecule has 2 N–H and O–H groups in total. The topological polar surface area (TPSA) is 59.0 Å². The van der Waals surface area contributed by atoms with Crippen molar-refractivity contribution >= 4 is 17.8 Å². The van der Waals surface area contributed by atoms with Crippen molar-refractivity contribution in [1.82, 2.24) is 20.4 Å². The molecule has 21 heavy (non-hydrogen) atoms. The third-order valence-corrected chi connectivity index (χ3v) is 5.11. The Balaban J connectivity index is 1.78. The first kappa shape index (κ1) is 16.2. The minimum absolute atomic E-state index is 0.0833. The van der Waals surface area contributed by atoms with Crippen LogP contribution in [0.4, 0.5) is 4.79 Å². The standard InChI is InChI=1S/C15H26N4OS/c1-11(2)19-9-8-12(18-19)10-16-15(20)17-13-6-4-5-7-14(13)21-3/h8-9,11,13-14H,4-7,10H2,1-3H3,(H2,16,17,20)/t13-,14-/m1/s1. The zero-order chi connectivity index (χ0) is 15.2. The number of carbonyl (C=O) groups is 1. The smallest absolute Gasteiger partial charge is 0.315 e. The number of nitrogens with zero attached hydrogens (tertiary/aromatic N) is 2. The van der Waals surface area contributed by atoms with Crippen LogP contribution in [0.5, 0.6) is 0 Å². The summed E-state index contributed by atoms with van der Waals surface area (Å²) >= 11 is 1.86. The van der Waals surface area contributed by atoms with Gasteiger partial charge in [-0.25, -0.2) is 4.79 Å². The van der Waals surface area contributed by atoms with E-state index in [1.54, 1.807) is 0 Å². The average molecular weight is 310 g/mol. The first-order valence-corrected chi connectivity index (χ1v) is 9.00. The molecular formula is C15H26N4OS.